The van der Waals surface area contributed by atoms with Crippen LogP contribution in [0.25, 0.3) is 0 Å². The van der Waals surface area contributed by atoms with E-state index in [1.165, 1.54) is 6.07 Å². The van der Waals surface area contributed by atoms with Crippen LogP contribution in [0, 0.1) is 25.5 Å². The van der Waals surface area contributed by atoms with Gasteiger partial charge in [-0.25, -0.2) is 18.7 Å². The second-order valence-electron chi connectivity index (χ2n) is 6.39. The fourth-order valence-corrected chi connectivity index (χ4v) is 3.36. The number of hydrogen-bond donors (Lipinski definition) is 0. The van der Waals surface area contributed by atoms with Crippen molar-refractivity contribution in [3.8, 4) is 0 Å². The molecule has 0 radical (unpaired) electrons. The van der Waals surface area contributed by atoms with Crippen molar-refractivity contribution in [2.45, 2.75) is 25.9 Å². The molecule has 8 heteroatoms. The van der Waals surface area contributed by atoms with E-state index in [0.29, 0.717) is 11.8 Å². The summed E-state index contributed by atoms with van der Waals surface area (Å²) in [6, 6.07) is 6.17. The average Bonchev–Trinajstić information content (AvgIpc) is 3.07. The lowest BCUT2D eigenvalue weighted by Crippen LogP contribution is -2.40. The Kier molecular flexibility index (Phi) is 3.57. The zero-order chi connectivity index (χ0) is 18.6. The summed E-state index contributed by atoms with van der Waals surface area (Å²) < 4.78 is 27.3. The zero-order valence-corrected chi connectivity index (χ0v) is 14.0. The lowest BCUT2D eigenvalue weighted by atomic mass is 10.1. The van der Waals surface area contributed by atoms with Crippen molar-refractivity contribution in [3.05, 3.63) is 59.2 Å². The molecule has 26 heavy (non-hydrogen) atoms. The maximum absolute atomic E-state index is 14.1. The fourth-order valence-electron chi connectivity index (χ4n) is 3.36. The van der Waals surface area contributed by atoms with E-state index in [4.69, 9.17) is 0 Å². The van der Waals surface area contributed by atoms with Gasteiger partial charge in [-0.3, -0.25) is 9.59 Å². The third-order valence-electron chi connectivity index (χ3n) is 4.40. The Labute approximate surface area is 147 Å². The van der Waals surface area contributed by atoms with E-state index in [-0.39, 0.29) is 5.69 Å². The normalized spacial score (nSPS) is 21.7. The van der Waals surface area contributed by atoms with Gasteiger partial charge in [0.25, 0.3) is 11.8 Å². The average molecular weight is 356 g/mol. The number of anilines is 2. The van der Waals surface area contributed by atoms with Gasteiger partial charge in [-0.1, -0.05) is 11.3 Å². The van der Waals surface area contributed by atoms with E-state index >= 15 is 0 Å². The lowest BCUT2D eigenvalue weighted by Gasteiger charge is -2.21. The summed E-state index contributed by atoms with van der Waals surface area (Å²) in [6.45, 7) is 3.73. The van der Waals surface area contributed by atoms with Crippen molar-refractivity contribution in [1.29, 1.82) is 0 Å². The van der Waals surface area contributed by atoms with Crippen LogP contribution in [0.2, 0.25) is 0 Å². The summed E-state index contributed by atoms with van der Waals surface area (Å²) in [5.41, 5.74) is 2.15. The highest BCUT2D eigenvalue weighted by Crippen LogP contribution is 2.36. The Morgan fingerprint density at radius 1 is 0.962 bits per heavy atom. The first-order valence-corrected chi connectivity index (χ1v) is 7.98. The van der Waals surface area contributed by atoms with Crippen LogP contribution in [0.4, 0.5) is 20.2 Å². The van der Waals surface area contributed by atoms with Gasteiger partial charge in [0.1, 0.15) is 5.82 Å². The highest BCUT2D eigenvalue weighted by molar-refractivity contribution is 6.26. The van der Waals surface area contributed by atoms with E-state index in [2.05, 4.69) is 10.3 Å². The minimum atomic E-state index is -1.08. The molecule has 2 aliphatic rings. The van der Waals surface area contributed by atoms with Crippen LogP contribution >= 0.6 is 0 Å². The molecule has 132 valence electrons. The maximum atomic E-state index is 14.1. The van der Waals surface area contributed by atoms with E-state index < -0.39 is 35.5 Å². The number of aryl methyl sites for hydroxylation is 2. The molecule has 0 aromatic heterocycles. The third kappa shape index (κ3) is 2.37. The van der Waals surface area contributed by atoms with Gasteiger partial charge in [-0.15, -0.1) is 0 Å². The standard InChI is InChI=1S/C18H14F2N4O2/c1-9-5-10(2)7-12(6-9)23-17(25)15-16(18(23)26)24(22-21-15)14-4-3-11(19)8-13(14)20/h3-8,15-16H,1-2H3/t15-,16+/m1/s1. The summed E-state index contributed by atoms with van der Waals surface area (Å²) in [5, 5.41) is 8.67. The first-order valence-electron chi connectivity index (χ1n) is 7.98. The molecule has 0 saturated carbocycles. The van der Waals surface area contributed by atoms with Gasteiger partial charge in [0.2, 0.25) is 0 Å². The second kappa shape index (κ2) is 5.69. The van der Waals surface area contributed by atoms with Crippen molar-refractivity contribution in [1.82, 2.24) is 0 Å². The van der Waals surface area contributed by atoms with Crippen molar-refractivity contribution in [3.63, 3.8) is 0 Å². The number of imide groups is 1. The summed E-state index contributed by atoms with van der Waals surface area (Å²) in [6.07, 6.45) is 0. The van der Waals surface area contributed by atoms with Gasteiger partial charge >= 0.3 is 0 Å². The Morgan fingerprint density at radius 3 is 2.31 bits per heavy atom. The Hall–Kier alpha value is -3.16. The molecule has 4 rings (SSSR count). The molecule has 1 saturated heterocycles. The number of carbonyl (C=O) groups excluding carboxylic acids is 2. The Bertz CT molecular complexity index is 955. The summed E-state index contributed by atoms with van der Waals surface area (Å²) in [4.78, 5) is 26.7. The van der Waals surface area contributed by atoms with Crippen LogP contribution in [0.3, 0.4) is 0 Å². The van der Waals surface area contributed by atoms with Gasteiger partial charge in [0.05, 0.1) is 11.4 Å². The monoisotopic (exact) mass is 356 g/mol. The molecule has 2 amide bonds. The van der Waals surface area contributed by atoms with E-state index in [1.807, 2.05) is 19.9 Å². The molecule has 2 heterocycles. The number of carbonyl (C=O) groups is 2. The van der Waals surface area contributed by atoms with E-state index in [1.54, 1.807) is 12.1 Å². The SMILES string of the molecule is Cc1cc(C)cc(N2C(=O)[C@@H]3[C@@H](N=NN3c3ccc(F)cc3F)C2=O)c1. The fraction of sp³-hybridized carbons (Fsp3) is 0.222. The Balaban J connectivity index is 1.74. The molecule has 6 nitrogen and oxygen atoms in total. The van der Waals surface area contributed by atoms with Gasteiger partial charge in [0, 0.05) is 6.07 Å². The Morgan fingerprint density at radius 2 is 1.65 bits per heavy atom. The summed E-state index contributed by atoms with van der Waals surface area (Å²) in [7, 11) is 0. The molecule has 0 unspecified atom stereocenters. The largest absolute Gasteiger partial charge is 0.271 e. The number of amides is 2. The number of nitrogens with zero attached hydrogens (tertiary/aromatic N) is 4. The van der Waals surface area contributed by atoms with Crippen LogP contribution in [0.5, 0.6) is 0 Å². The number of halogens is 2. The van der Waals surface area contributed by atoms with Crippen molar-refractivity contribution >= 4 is 23.2 Å². The van der Waals surface area contributed by atoms with Gasteiger partial charge < -0.3 is 0 Å². The smallest absolute Gasteiger partial charge is 0.263 e. The maximum Gasteiger partial charge on any atom is 0.263 e. The first kappa shape index (κ1) is 16.3. The lowest BCUT2D eigenvalue weighted by molar-refractivity contribution is -0.121. The summed E-state index contributed by atoms with van der Waals surface area (Å²) in [5.74, 6) is -2.68. The highest BCUT2D eigenvalue weighted by Gasteiger charge is 2.55. The van der Waals surface area contributed by atoms with Gasteiger partial charge in [0.15, 0.2) is 17.9 Å². The van der Waals surface area contributed by atoms with Gasteiger partial charge in [-0.05, 0) is 49.2 Å². The van der Waals surface area contributed by atoms with Crippen molar-refractivity contribution in [2.75, 3.05) is 9.91 Å². The quantitative estimate of drug-likeness (QED) is 0.777. The summed E-state index contributed by atoms with van der Waals surface area (Å²) >= 11 is 0. The predicted molar refractivity (Wildman–Crippen MR) is 89.7 cm³/mol. The molecule has 1 fully saturated rings. The van der Waals surface area contributed by atoms with E-state index in [9.17, 15) is 18.4 Å². The van der Waals surface area contributed by atoms with Crippen LogP contribution < -0.4 is 9.91 Å². The topological polar surface area (TPSA) is 65.3 Å². The number of hydrogen-bond acceptors (Lipinski definition) is 5. The van der Waals surface area contributed by atoms with Gasteiger partial charge in [-0.2, -0.15) is 5.11 Å². The van der Waals surface area contributed by atoms with Crippen LogP contribution in [0.1, 0.15) is 11.1 Å². The zero-order valence-electron chi connectivity index (χ0n) is 14.0. The van der Waals surface area contributed by atoms with Crippen molar-refractivity contribution in [2.24, 2.45) is 10.3 Å². The minimum absolute atomic E-state index is 0.105. The molecular formula is C18H14F2N4O2. The molecule has 0 aliphatic carbocycles. The number of benzene rings is 2. The number of rotatable bonds is 2. The van der Waals surface area contributed by atoms with Crippen LogP contribution in [-0.2, 0) is 9.59 Å². The molecular weight excluding hydrogens is 342 g/mol. The van der Waals surface area contributed by atoms with E-state index in [0.717, 1.165) is 27.1 Å². The molecule has 2 atom stereocenters. The molecule has 0 bridgehead atoms. The number of fused-ring (bicyclic) bond motifs is 1. The predicted octanol–water partition coefficient (Wildman–Crippen LogP) is 3.08. The second-order valence-corrected chi connectivity index (χ2v) is 6.39. The van der Waals surface area contributed by atoms with Crippen molar-refractivity contribution < 1.29 is 18.4 Å². The van der Waals surface area contributed by atoms with Crippen LogP contribution in [0.15, 0.2) is 46.7 Å². The molecule has 0 N–H and O–H groups in total. The minimum Gasteiger partial charge on any atom is -0.271 e. The third-order valence-corrected chi connectivity index (χ3v) is 4.40. The van der Waals surface area contributed by atoms with Crippen LogP contribution in [-0.4, -0.2) is 23.9 Å². The highest BCUT2D eigenvalue weighted by atomic mass is 19.1. The first-order chi connectivity index (χ1) is 12.4. The molecule has 2 aromatic carbocycles. The molecule has 2 aromatic rings. The molecule has 0 spiro atoms. The molecule has 2 aliphatic heterocycles.